The van der Waals surface area contributed by atoms with E-state index in [0.29, 0.717) is 0 Å². The number of hydrogen-bond donors (Lipinski definition) is 0. The number of thiophene rings is 4. The number of furan rings is 1. The zero-order valence-corrected chi connectivity index (χ0v) is 16.2. The molecule has 5 rings (SSSR count). The maximum Gasteiger partial charge on any atom is 0.144 e. The Bertz CT molecular complexity index is 1000. The molecule has 0 radical (unpaired) electrons. The summed E-state index contributed by atoms with van der Waals surface area (Å²) in [6, 6.07) is 21.3. The molecule has 0 fully saturated rings. The molecule has 0 aliphatic rings. The van der Waals surface area contributed by atoms with Crippen molar-refractivity contribution >= 4 is 45.3 Å². The van der Waals surface area contributed by atoms with Crippen LogP contribution in [0, 0.1) is 0 Å². The Morgan fingerprint density at radius 2 is 1.00 bits per heavy atom. The van der Waals surface area contributed by atoms with Crippen LogP contribution >= 0.6 is 45.3 Å². The largest absolute Gasteiger partial charge is 0.454 e. The molecule has 0 aliphatic carbocycles. The molecule has 0 unspecified atom stereocenters. The molecule has 0 bridgehead atoms. The van der Waals surface area contributed by atoms with Crippen molar-refractivity contribution in [2.75, 3.05) is 0 Å². The molecule has 0 aromatic carbocycles. The van der Waals surface area contributed by atoms with Crippen LogP contribution in [0.1, 0.15) is 0 Å². The SMILES string of the molecule is c1csc(-c2ccc(-c3ccc(-c4ccc(-c5cccs5)s4)s3)o2)c1. The molecule has 5 aromatic rings. The van der Waals surface area contributed by atoms with E-state index in [1.165, 1.54) is 29.3 Å². The lowest BCUT2D eigenvalue weighted by atomic mass is 10.3. The van der Waals surface area contributed by atoms with Gasteiger partial charge < -0.3 is 4.42 Å². The van der Waals surface area contributed by atoms with E-state index in [1.54, 1.807) is 34.0 Å². The van der Waals surface area contributed by atoms with Crippen molar-refractivity contribution in [1.82, 2.24) is 0 Å². The Labute approximate surface area is 161 Å². The highest BCUT2D eigenvalue weighted by atomic mass is 32.1. The predicted molar refractivity (Wildman–Crippen MR) is 112 cm³/mol. The van der Waals surface area contributed by atoms with Crippen molar-refractivity contribution in [3.05, 3.63) is 71.4 Å². The molecule has 0 saturated carbocycles. The lowest BCUT2D eigenvalue weighted by molar-refractivity contribution is 0.600. The van der Waals surface area contributed by atoms with Gasteiger partial charge in [-0.15, -0.1) is 45.3 Å². The van der Waals surface area contributed by atoms with Crippen molar-refractivity contribution in [2.45, 2.75) is 0 Å². The first kappa shape index (κ1) is 15.3. The van der Waals surface area contributed by atoms with Gasteiger partial charge in [-0.1, -0.05) is 12.1 Å². The van der Waals surface area contributed by atoms with Crippen molar-refractivity contribution in [3.8, 4) is 40.8 Å². The van der Waals surface area contributed by atoms with Gasteiger partial charge in [0.25, 0.3) is 0 Å². The third-order valence-electron chi connectivity index (χ3n) is 3.83. The normalized spacial score (nSPS) is 11.2. The molecule has 122 valence electrons. The summed E-state index contributed by atoms with van der Waals surface area (Å²) in [6.45, 7) is 0. The van der Waals surface area contributed by atoms with E-state index >= 15 is 0 Å². The average Bonchev–Trinajstić information content (AvgIpc) is 3.48. The smallest absolute Gasteiger partial charge is 0.144 e. The minimum atomic E-state index is 0.940. The fraction of sp³-hybridized carbons (Fsp3) is 0. The molecule has 5 heterocycles. The molecular formula is C20H12OS4. The van der Waals surface area contributed by atoms with Crippen LogP contribution in [0.15, 0.2) is 75.8 Å². The first-order chi connectivity index (χ1) is 12.4. The summed E-state index contributed by atoms with van der Waals surface area (Å²) in [5, 5.41) is 4.20. The Morgan fingerprint density at radius 1 is 0.480 bits per heavy atom. The van der Waals surface area contributed by atoms with Gasteiger partial charge in [-0.05, 0) is 59.3 Å². The minimum Gasteiger partial charge on any atom is -0.454 e. The van der Waals surface area contributed by atoms with Crippen molar-refractivity contribution in [3.63, 3.8) is 0 Å². The van der Waals surface area contributed by atoms with Crippen LogP contribution in [0.5, 0.6) is 0 Å². The number of hydrogen-bond acceptors (Lipinski definition) is 5. The van der Waals surface area contributed by atoms with Gasteiger partial charge in [0, 0.05) is 19.5 Å². The lowest BCUT2D eigenvalue weighted by Gasteiger charge is -1.93. The molecular weight excluding hydrogens is 384 g/mol. The predicted octanol–water partition coefficient (Wildman–Crippen LogP) is 8.19. The summed E-state index contributed by atoms with van der Waals surface area (Å²) >= 11 is 7.12. The topological polar surface area (TPSA) is 13.1 Å². The molecule has 5 heteroatoms. The van der Waals surface area contributed by atoms with E-state index < -0.39 is 0 Å². The molecule has 1 nitrogen and oxygen atoms in total. The van der Waals surface area contributed by atoms with Gasteiger partial charge >= 0.3 is 0 Å². The first-order valence-corrected chi connectivity index (χ1v) is 11.1. The number of rotatable bonds is 4. The van der Waals surface area contributed by atoms with Crippen LogP contribution < -0.4 is 0 Å². The van der Waals surface area contributed by atoms with Gasteiger partial charge in [0.1, 0.15) is 11.5 Å². The Balaban J connectivity index is 1.44. The Kier molecular flexibility index (Phi) is 3.94. The van der Waals surface area contributed by atoms with Gasteiger partial charge in [0.05, 0.1) is 9.75 Å². The molecule has 0 amide bonds. The summed E-state index contributed by atoms with van der Waals surface area (Å²) in [4.78, 5) is 7.60. The highest BCUT2D eigenvalue weighted by Gasteiger charge is 2.12. The monoisotopic (exact) mass is 396 g/mol. The van der Waals surface area contributed by atoms with Crippen LogP contribution in [0.3, 0.4) is 0 Å². The van der Waals surface area contributed by atoms with Crippen LogP contribution in [0.2, 0.25) is 0 Å². The average molecular weight is 397 g/mol. The maximum absolute atomic E-state index is 6.05. The second kappa shape index (κ2) is 6.42. The molecule has 25 heavy (non-hydrogen) atoms. The molecule has 0 N–H and O–H groups in total. The van der Waals surface area contributed by atoms with Crippen LogP contribution in [0.4, 0.5) is 0 Å². The quantitative estimate of drug-likeness (QED) is 0.298. The molecule has 5 aromatic heterocycles. The van der Waals surface area contributed by atoms with E-state index in [2.05, 4.69) is 65.4 Å². The van der Waals surface area contributed by atoms with Gasteiger partial charge in [0.2, 0.25) is 0 Å². The van der Waals surface area contributed by atoms with Gasteiger partial charge in [0.15, 0.2) is 0 Å². The fourth-order valence-corrected chi connectivity index (χ4v) is 6.23. The van der Waals surface area contributed by atoms with E-state index in [-0.39, 0.29) is 0 Å². The molecule has 0 aliphatic heterocycles. The highest BCUT2D eigenvalue weighted by Crippen LogP contribution is 2.42. The minimum absolute atomic E-state index is 0.940. The summed E-state index contributed by atoms with van der Waals surface area (Å²) in [5.41, 5.74) is 0. The van der Waals surface area contributed by atoms with Gasteiger partial charge in [-0.25, -0.2) is 0 Å². The summed E-state index contributed by atoms with van der Waals surface area (Å²) in [7, 11) is 0. The van der Waals surface area contributed by atoms with E-state index in [0.717, 1.165) is 11.5 Å². The van der Waals surface area contributed by atoms with Crippen LogP contribution in [-0.4, -0.2) is 0 Å². The lowest BCUT2D eigenvalue weighted by Crippen LogP contribution is -1.63. The Hall–Kier alpha value is -1.92. The molecule has 0 atom stereocenters. The van der Waals surface area contributed by atoms with Gasteiger partial charge in [-0.2, -0.15) is 0 Å². The fourth-order valence-electron chi connectivity index (χ4n) is 2.65. The first-order valence-electron chi connectivity index (χ1n) is 7.75. The van der Waals surface area contributed by atoms with E-state index in [1.807, 2.05) is 17.4 Å². The third-order valence-corrected chi connectivity index (χ3v) is 8.16. The van der Waals surface area contributed by atoms with Crippen molar-refractivity contribution in [1.29, 1.82) is 0 Å². The standard InChI is InChI=1S/C20H12OS4/c1-3-15(22-11-1)13-5-6-14(21-13)16-7-8-19(24-16)20-10-9-18(25-20)17-4-2-12-23-17/h1-12H. The zero-order chi connectivity index (χ0) is 16.6. The van der Waals surface area contributed by atoms with Crippen LogP contribution in [-0.2, 0) is 0 Å². The third kappa shape index (κ3) is 2.93. The van der Waals surface area contributed by atoms with E-state index in [9.17, 15) is 0 Å². The summed E-state index contributed by atoms with van der Waals surface area (Å²) < 4.78 is 6.05. The Morgan fingerprint density at radius 3 is 1.64 bits per heavy atom. The van der Waals surface area contributed by atoms with Crippen molar-refractivity contribution in [2.24, 2.45) is 0 Å². The highest BCUT2D eigenvalue weighted by molar-refractivity contribution is 7.27. The summed E-state index contributed by atoms with van der Waals surface area (Å²) in [6.07, 6.45) is 0. The molecule has 0 spiro atoms. The van der Waals surface area contributed by atoms with Crippen molar-refractivity contribution < 1.29 is 4.42 Å². The zero-order valence-electron chi connectivity index (χ0n) is 13.0. The summed E-state index contributed by atoms with van der Waals surface area (Å²) in [5.74, 6) is 1.88. The second-order valence-electron chi connectivity index (χ2n) is 5.45. The van der Waals surface area contributed by atoms with Crippen LogP contribution in [0.25, 0.3) is 40.8 Å². The van der Waals surface area contributed by atoms with Gasteiger partial charge in [-0.3, -0.25) is 0 Å². The molecule has 0 saturated heterocycles. The second-order valence-corrected chi connectivity index (χ2v) is 9.51. The van der Waals surface area contributed by atoms with E-state index in [4.69, 9.17) is 4.42 Å². The maximum atomic E-state index is 6.05.